The molecule has 4 heteroatoms. The van der Waals surface area contributed by atoms with Gasteiger partial charge in [0.05, 0.1) is 0 Å². The van der Waals surface area contributed by atoms with E-state index in [1.165, 1.54) is 10.4 Å². The molecule has 0 amide bonds. The van der Waals surface area contributed by atoms with Crippen molar-refractivity contribution in [3.05, 3.63) is 50.6 Å². The van der Waals surface area contributed by atoms with Crippen molar-refractivity contribution in [2.45, 2.75) is 20.1 Å². The second kappa shape index (κ2) is 6.92. The summed E-state index contributed by atoms with van der Waals surface area (Å²) in [7, 11) is 0. The fourth-order valence-electron chi connectivity index (χ4n) is 1.63. The predicted molar refractivity (Wildman–Crippen MR) is 80.2 cm³/mol. The maximum Gasteiger partial charge on any atom is 0.124 e. The van der Waals surface area contributed by atoms with E-state index in [1.807, 2.05) is 18.2 Å². The maximum absolute atomic E-state index is 5.88. The van der Waals surface area contributed by atoms with Crippen molar-refractivity contribution in [2.24, 2.45) is 0 Å². The number of ether oxygens (including phenoxy) is 1. The Balaban J connectivity index is 2.05. The normalized spacial score (nSPS) is 10.6. The number of thiophene rings is 1. The lowest BCUT2D eigenvalue weighted by molar-refractivity contribution is 0.305. The summed E-state index contributed by atoms with van der Waals surface area (Å²) in [6.07, 6.45) is 0. The van der Waals surface area contributed by atoms with E-state index in [1.54, 1.807) is 11.3 Å². The third-order valence-corrected chi connectivity index (χ3v) is 3.88. The Bertz CT molecular complexity index is 485. The molecule has 0 saturated heterocycles. The molecule has 0 aliphatic heterocycles. The lowest BCUT2D eigenvalue weighted by Crippen LogP contribution is -2.12. The van der Waals surface area contributed by atoms with Crippen LogP contribution in [0.2, 0.25) is 0 Å². The van der Waals surface area contributed by atoms with Gasteiger partial charge in [0.15, 0.2) is 0 Å². The Morgan fingerprint density at radius 1 is 1.33 bits per heavy atom. The zero-order chi connectivity index (χ0) is 12.8. The highest BCUT2D eigenvalue weighted by Gasteiger charge is 2.05. The van der Waals surface area contributed by atoms with E-state index >= 15 is 0 Å². The highest BCUT2D eigenvalue weighted by molar-refractivity contribution is 9.10. The van der Waals surface area contributed by atoms with Crippen LogP contribution in [0.5, 0.6) is 5.75 Å². The molecule has 0 spiro atoms. The molecule has 0 saturated carbocycles. The van der Waals surface area contributed by atoms with Crippen LogP contribution >= 0.6 is 27.3 Å². The topological polar surface area (TPSA) is 21.3 Å². The van der Waals surface area contributed by atoms with E-state index in [4.69, 9.17) is 4.74 Å². The third-order valence-electron chi connectivity index (χ3n) is 2.54. The Labute approximate surface area is 120 Å². The van der Waals surface area contributed by atoms with Gasteiger partial charge in [-0.25, -0.2) is 0 Å². The molecule has 18 heavy (non-hydrogen) atoms. The van der Waals surface area contributed by atoms with Gasteiger partial charge >= 0.3 is 0 Å². The first-order valence-corrected chi connectivity index (χ1v) is 7.61. The summed E-state index contributed by atoms with van der Waals surface area (Å²) in [4.78, 5) is 1.24. The lowest BCUT2D eigenvalue weighted by Gasteiger charge is -2.11. The molecular formula is C14H16BrNOS. The van der Waals surface area contributed by atoms with Crippen LogP contribution in [0.4, 0.5) is 0 Å². The van der Waals surface area contributed by atoms with E-state index in [9.17, 15) is 0 Å². The van der Waals surface area contributed by atoms with Crippen LogP contribution in [-0.2, 0) is 13.2 Å². The molecule has 1 heterocycles. The molecule has 0 bridgehead atoms. The second-order valence-electron chi connectivity index (χ2n) is 3.90. The van der Waals surface area contributed by atoms with Gasteiger partial charge in [-0.3, -0.25) is 0 Å². The summed E-state index contributed by atoms with van der Waals surface area (Å²) >= 11 is 5.22. The van der Waals surface area contributed by atoms with Gasteiger partial charge < -0.3 is 10.1 Å². The first kappa shape index (κ1) is 13.6. The highest BCUT2D eigenvalue weighted by atomic mass is 79.9. The van der Waals surface area contributed by atoms with Crippen LogP contribution in [0.3, 0.4) is 0 Å². The predicted octanol–water partition coefficient (Wildman–Crippen LogP) is 4.20. The Hall–Kier alpha value is -0.840. The van der Waals surface area contributed by atoms with Gasteiger partial charge in [0, 0.05) is 21.5 Å². The Morgan fingerprint density at radius 2 is 2.22 bits per heavy atom. The van der Waals surface area contributed by atoms with E-state index in [0.717, 1.165) is 23.3 Å². The van der Waals surface area contributed by atoms with Crippen molar-refractivity contribution in [3.63, 3.8) is 0 Å². The largest absolute Gasteiger partial charge is 0.488 e. The average Bonchev–Trinajstić information content (AvgIpc) is 2.88. The van der Waals surface area contributed by atoms with Crippen molar-refractivity contribution in [1.82, 2.24) is 5.32 Å². The number of nitrogens with one attached hydrogen (secondary N) is 1. The number of hydrogen-bond acceptors (Lipinski definition) is 3. The zero-order valence-electron chi connectivity index (χ0n) is 10.3. The SMILES string of the molecule is CCNCc1cc(Br)ccc1OCc1cccs1. The first-order chi connectivity index (χ1) is 8.79. The van der Waals surface area contributed by atoms with Crippen molar-refractivity contribution in [2.75, 3.05) is 6.54 Å². The minimum atomic E-state index is 0.637. The molecule has 0 unspecified atom stereocenters. The molecule has 1 aromatic carbocycles. The molecule has 0 fully saturated rings. The van der Waals surface area contributed by atoms with Crippen LogP contribution in [0.15, 0.2) is 40.2 Å². The average molecular weight is 326 g/mol. The summed E-state index contributed by atoms with van der Waals surface area (Å²) in [6.45, 7) is 4.52. The van der Waals surface area contributed by atoms with Gasteiger partial charge in [-0.15, -0.1) is 11.3 Å². The van der Waals surface area contributed by atoms with Gasteiger partial charge in [-0.1, -0.05) is 28.9 Å². The second-order valence-corrected chi connectivity index (χ2v) is 5.85. The van der Waals surface area contributed by atoms with Crippen LogP contribution in [0.25, 0.3) is 0 Å². The van der Waals surface area contributed by atoms with Crippen LogP contribution < -0.4 is 10.1 Å². The van der Waals surface area contributed by atoms with Gasteiger partial charge in [-0.2, -0.15) is 0 Å². The standard InChI is InChI=1S/C14H16BrNOS/c1-2-16-9-11-8-12(15)5-6-14(11)17-10-13-4-3-7-18-13/h3-8,16H,2,9-10H2,1H3. The summed E-state index contributed by atoms with van der Waals surface area (Å²) in [6, 6.07) is 10.3. The van der Waals surface area contributed by atoms with Gasteiger partial charge in [0.2, 0.25) is 0 Å². The van der Waals surface area contributed by atoms with Gasteiger partial charge in [0.1, 0.15) is 12.4 Å². The fraction of sp³-hybridized carbons (Fsp3) is 0.286. The molecular weight excluding hydrogens is 310 g/mol. The van der Waals surface area contributed by atoms with E-state index < -0.39 is 0 Å². The van der Waals surface area contributed by atoms with Crippen molar-refractivity contribution in [3.8, 4) is 5.75 Å². The van der Waals surface area contributed by atoms with E-state index in [-0.39, 0.29) is 0 Å². The van der Waals surface area contributed by atoms with E-state index in [0.29, 0.717) is 6.61 Å². The summed E-state index contributed by atoms with van der Waals surface area (Å²) in [5.74, 6) is 0.951. The summed E-state index contributed by atoms with van der Waals surface area (Å²) < 4.78 is 6.97. The lowest BCUT2D eigenvalue weighted by atomic mass is 10.2. The minimum Gasteiger partial charge on any atom is -0.488 e. The first-order valence-electron chi connectivity index (χ1n) is 5.94. The molecule has 0 radical (unpaired) electrons. The molecule has 1 aromatic heterocycles. The molecule has 2 aromatic rings. The van der Waals surface area contributed by atoms with Crippen molar-refractivity contribution < 1.29 is 4.74 Å². The number of hydrogen-bond donors (Lipinski definition) is 1. The smallest absolute Gasteiger partial charge is 0.124 e. The molecule has 0 atom stereocenters. The van der Waals surface area contributed by atoms with Crippen LogP contribution in [-0.4, -0.2) is 6.54 Å². The summed E-state index contributed by atoms with van der Waals surface area (Å²) in [5.41, 5.74) is 1.18. The molecule has 2 rings (SSSR count). The molecule has 0 aliphatic rings. The van der Waals surface area contributed by atoms with Gasteiger partial charge in [0.25, 0.3) is 0 Å². The van der Waals surface area contributed by atoms with Crippen molar-refractivity contribution >= 4 is 27.3 Å². The molecule has 1 N–H and O–H groups in total. The monoisotopic (exact) mass is 325 g/mol. The van der Waals surface area contributed by atoms with Crippen molar-refractivity contribution in [1.29, 1.82) is 0 Å². The fourth-order valence-corrected chi connectivity index (χ4v) is 2.65. The maximum atomic E-state index is 5.88. The van der Waals surface area contributed by atoms with E-state index in [2.05, 4.69) is 45.7 Å². The van der Waals surface area contributed by atoms with Crippen LogP contribution in [0.1, 0.15) is 17.4 Å². The molecule has 0 aliphatic carbocycles. The molecule has 96 valence electrons. The summed E-state index contributed by atoms with van der Waals surface area (Å²) in [5, 5.41) is 5.40. The number of benzene rings is 1. The Morgan fingerprint density at radius 3 is 2.94 bits per heavy atom. The molecule has 2 nitrogen and oxygen atoms in total. The zero-order valence-corrected chi connectivity index (χ0v) is 12.7. The quantitative estimate of drug-likeness (QED) is 0.859. The minimum absolute atomic E-state index is 0.637. The number of rotatable bonds is 6. The third kappa shape index (κ3) is 3.83. The highest BCUT2D eigenvalue weighted by Crippen LogP contribution is 2.24. The van der Waals surface area contributed by atoms with Crippen LogP contribution in [0, 0.1) is 0 Å². The number of halogens is 1. The van der Waals surface area contributed by atoms with Gasteiger partial charge in [-0.05, 0) is 36.2 Å². The Kier molecular flexibility index (Phi) is 5.23.